The number of aromatic nitrogens is 2. The van der Waals surface area contributed by atoms with Gasteiger partial charge in [-0.15, -0.1) is 0 Å². The van der Waals surface area contributed by atoms with Crippen LogP contribution in [0.1, 0.15) is 112 Å². The average molecular weight is 544 g/mol. The minimum atomic E-state index is -0.658. The van der Waals surface area contributed by atoms with Gasteiger partial charge in [0.2, 0.25) is 5.89 Å². The normalized spacial score (nSPS) is 45.2. The SMILES string of the molecule is Cc1nc([C@]23CCC(C)(C)C[C@@]2(C)[C@H]2C(=O)C=C4[C@@]5(C)C=C(C#N)C(=O)C(C)(C)[C@@H]5CC[C@@]4(C)[C@]2(C)CC3)no1. The second-order valence-electron chi connectivity index (χ2n) is 16.2. The Morgan fingerprint density at radius 3 is 2.25 bits per heavy atom. The third kappa shape index (κ3) is 3.05. The highest BCUT2D eigenvalue weighted by Crippen LogP contribution is 2.77. The standard InChI is InChI=1S/C34H45N3O3/c1-20-36-27(37-40-20)34-14-12-28(2,3)19-33(34,9)25-22(38)16-24-30(6)17-21(18-35)26(39)29(4,5)23(30)10-11-31(24,7)32(25,8)13-15-34/h16-17,23,25H,10-15,19H2,1-9H3/t23-,25-,30-,31+,32+,33-,34+/m0/s1. The number of allylic oxidation sites excluding steroid dienone is 4. The maximum atomic E-state index is 14.8. The Hall–Kier alpha value is -2.55. The van der Waals surface area contributed by atoms with Crippen LogP contribution in [-0.2, 0) is 15.0 Å². The predicted octanol–water partition coefficient (Wildman–Crippen LogP) is 7.24. The van der Waals surface area contributed by atoms with E-state index in [1.54, 1.807) is 0 Å². The Balaban J connectivity index is 1.58. The molecule has 0 amide bonds. The van der Waals surface area contributed by atoms with E-state index in [4.69, 9.17) is 9.51 Å². The summed E-state index contributed by atoms with van der Waals surface area (Å²) in [5.74, 6) is 1.35. The smallest absolute Gasteiger partial charge is 0.223 e. The molecule has 0 bridgehead atoms. The van der Waals surface area contributed by atoms with Crippen molar-refractivity contribution in [1.82, 2.24) is 10.1 Å². The van der Waals surface area contributed by atoms with Crippen LogP contribution in [0.4, 0.5) is 0 Å². The molecule has 7 atom stereocenters. The number of carbonyl (C=O) groups excluding carboxylic acids is 2. The van der Waals surface area contributed by atoms with Gasteiger partial charge in [0, 0.05) is 29.1 Å². The molecule has 0 aromatic carbocycles. The quantitative estimate of drug-likeness (QED) is 0.370. The molecule has 0 spiro atoms. The van der Waals surface area contributed by atoms with Crippen molar-refractivity contribution in [2.75, 3.05) is 0 Å². The average Bonchev–Trinajstić information content (AvgIpc) is 3.28. The highest BCUT2D eigenvalue weighted by molar-refractivity contribution is 6.04. The van der Waals surface area contributed by atoms with E-state index >= 15 is 0 Å². The van der Waals surface area contributed by atoms with Gasteiger partial charge in [-0.2, -0.15) is 10.2 Å². The maximum Gasteiger partial charge on any atom is 0.223 e. The number of hydrogen-bond donors (Lipinski definition) is 0. The van der Waals surface area contributed by atoms with Crippen LogP contribution in [0.3, 0.4) is 0 Å². The lowest BCUT2D eigenvalue weighted by atomic mass is 9.31. The first-order chi connectivity index (χ1) is 18.4. The van der Waals surface area contributed by atoms with Crippen molar-refractivity contribution in [1.29, 1.82) is 5.26 Å². The van der Waals surface area contributed by atoms with Crippen LogP contribution in [-0.4, -0.2) is 21.7 Å². The summed E-state index contributed by atoms with van der Waals surface area (Å²) < 4.78 is 5.56. The number of ketones is 2. The zero-order valence-electron chi connectivity index (χ0n) is 25.8. The van der Waals surface area contributed by atoms with Crippen LogP contribution in [0.5, 0.6) is 0 Å². The van der Waals surface area contributed by atoms with Gasteiger partial charge in [0.25, 0.3) is 0 Å². The zero-order chi connectivity index (χ0) is 29.3. The first-order valence-electron chi connectivity index (χ1n) is 15.2. The summed E-state index contributed by atoms with van der Waals surface area (Å²) in [4.78, 5) is 32.9. The molecule has 40 heavy (non-hydrogen) atoms. The van der Waals surface area contributed by atoms with E-state index in [0.717, 1.165) is 56.3 Å². The molecule has 6 rings (SSSR count). The van der Waals surface area contributed by atoms with Gasteiger partial charge in [-0.3, -0.25) is 9.59 Å². The summed E-state index contributed by atoms with van der Waals surface area (Å²) in [6.07, 6.45) is 10.5. The number of carbonyl (C=O) groups is 2. The fourth-order valence-electron chi connectivity index (χ4n) is 11.4. The topological polar surface area (TPSA) is 96.8 Å². The minimum absolute atomic E-state index is 0.0473. The van der Waals surface area contributed by atoms with E-state index < -0.39 is 10.8 Å². The molecule has 0 saturated heterocycles. The molecule has 3 fully saturated rings. The van der Waals surface area contributed by atoms with Crippen molar-refractivity contribution in [2.45, 2.75) is 113 Å². The number of aryl methyl sites for hydroxylation is 1. The Labute approximate surface area is 239 Å². The highest BCUT2D eigenvalue weighted by atomic mass is 16.5. The van der Waals surface area contributed by atoms with Gasteiger partial charge in [-0.25, -0.2) is 0 Å². The van der Waals surface area contributed by atoms with Gasteiger partial charge in [0.1, 0.15) is 6.07 Å². The van der Waals surface area contributed by atoms with E-state index in [1.807, 2.05) is 32.9 Å². The van der Waals surface area contributed by atoms with E-state index in [2.05, 4.69) is 52.8 Å². The summed E-state index contributed by atoms with van der Waals surface area (Å²) >= 11 is 0. The first-order valence-corrected chi connectivity index (χ1v) is 15.2. The van der Waals surface area contributed by atoms with Gasteiger partial charge in [-0.05, 0) is 78.6 Å². The third-order valence-electron chi connectivity index (χ3n) is 13.4. The summed E-state index contributed by atoms with van der Waals surface area (Å²) in [7, 11) is 0. The number of hydrogen-bond acceptors (Lipinski definition) is 6. The molecular weight excluding hydrogens is 498 g/mol. The molecular formula is C34H45N3O3. The van der Waals surface area contributed by atoms with Crippen molar-refractivity contribution < 1.29 is 14.1 Å². The molecule has 5 aliphatic carbocycles. The Morgan fingerprint density at radius 2 is 1.62 bits per heavy atom. The summed E-state index contributed by atoms with van der Waals surface area (Å²) in [5, 5.41) is 14.5. The number of nitrogens with zero attached hydrogens (tertiary/aromatic N) is 3. The van der Waals surface area contributed by atoms with Crippen LogP contribution in [0.25, 0.3) is 0 Å². The minimum Gasteiger partial charge on any atom is -0.340 e. The lowest BCUT2D eigenvalue weighted by Crippen LogP contribution is -2.69. The molecule has 3 saturated carbocycles. The predicted molar refractivity (Wildman–Crippen MR) is 152 cm³/mol. The lowest BCUT2D eigenvalue weighted by molar-refractivity contribution is -0.187. The molecule has 0 aliphatic heterocycles. The molecule has 0 N–H and O–H groups in total. The van der Waals surface area contributed by atoms with Crippen LogP contribution in [0.15, 0.2) is 27.8 Å². The van der Waals surface area contributed by atoms with E-state index in [-0.39, 0.29) is 56.1 Å². The highest BCUT2D eigenvalue weighted by Gasteiger charge is 2.74. The van der Waals surface area contributed by atoms with Crippen LogP contribution < -0.4 is 0 Å². The number of nitriles is 1. The van der Waals surface area contributed by atoms with Gasteiger partial charge in [0.15, 0.2) is 17.4 Å². The number of rotatable bonds is 1. The van der Waals surface area contributed by atoms with Crippen molar-refractivity contribution >= 4 is 11.6 Å². The van der Waals surface area contributed by atoms with Gasteiger partial charge < -0.3 is 4.52 Å². The van der Waals surface area contributed by atoms with E-state index in [9.17, 15) is 14.9 Å². The number of fused-ring (bicyclic) bond motifs is 7. The number of Topliss-reactive ketones (excluding diaryl/α,β-unsaturated/α-hetero) is 1. The van der Waals surface area contributed by atoms with Gasteiger partial charge in [0.05, 0.1) is 5.57 Å². The second kappa shape index (κ2) is 7.84. The van der Waals surface area contributed by atoms with Crippen LogP contribution >= 0.6 is 0 Å². The lowest BCUT2D eigenvalue weighted by Gasteiger charge is -2.72. The summed E-state index contributed by atoms with van der Waals surface area (Å²) in [6, 6.07) is 2.21. The van der Waals surface area contributed by atoms with Crippen molar-refractivity contribution in [3.8, 4) is 6.07 Å². The third-order valence-corrected chi connectivity index (χ3v) is 13.4. The molecule has 0 unspecified atom stereocenters. The van der Waals surface area contributed by atoms with Gasteiger partial charge >= 0.3 is 0 Å². The monoisotopic (exact) mass is 543 g/mol. The molecule has 6 heteroatoms. The summed E-state index contributed by atoms with van der Waals surface area (Å²) in [6.45, 7) is 19.8. The van der Waals surface area contributed by atoms with Crippen molar-refractivity contribution in [3.05, 3.63) is 35.0 Å². The molecule has 1 aromatic rings. The molecule has 0 radical (unpaired) electrons. The fraction of sp³-hybridized carbons (Fsp3) is 0.735. The maximum absolute atomic E-state index is 14.8. The second-order valence-corrected chi connectivity index (χ2v) is 16.2. The fourth-order valence-corrected chi connectivity index (χ4v) is 11.4. The Morgan fingerprint density at radius 1 is 0.950 bits per heavy atom. The molecule has 214 valence electrons. The van der Waals surface area contributed by atoms with E-state index in [0.29, 0.717) is 5.89 Å². The molecule has 5 aliphatic rings. The van der Waals surface area contributed by atoms with Crippen molar-refractivity contribution in [3.63, 3.8) is 0 Å². The zero-order valence-corrected chi connectivity index (χ0v) is 25.8. The first kappa shape index (κ1) is 27.6. The molecule has 6 nitrogen and oxygen atoms in total. The Bertz CT molecular complexity index is 1440. The van der Waals surface area contributed by atoms with Gasteiger partial charge in [-0.1, -0.05) is 72.2 Å². The summed E-state index contributed by atoms with van der Waals surface area (Å²) in [5.41, 5.74) is -0.876. The molecule has 1 heterocycles. The molecule has 1 aromatic heterocycles. The van der Waals surface area contributed by atoms with E-state index in [1.165, 1.54) is 0 Å². The van der Waals surface area contributed by atoms with Crippen LogP contribution in [0.2, 0.25) is 0 Å². The van der Waals surface area contributed by atoms with Crippen molar-refractivity contribution in [2.24, 2.45) is 44.3 Å². The largest absolute Gasteiger partial charge is 0.340 e. The Kier molecular flexibility index (Phi) is 5.41. The van der Waals surface area contributed by atoms with Crippen LogP contribution in [0, 0.1) is 62.6 Å².